The van der Waals surface area contributed by atoms with Gasteiger partial charge in [0.1, 0.15) is 25.3 Å². The molecule has 3 atom stereocenters. The Kier molecular flexibility index (Phi) is 0.928. The highest BCUT2D eigenvalue weighted by molar-refractivity contribution is 4.80. The van der Waals surface area contributed by atoms with Crippen molar-refractivity contribution in [3.63, 3.8) is 0 Å². The van der Waals surface area contributed by atoms with Gasteiger partial charge in [-0.3, -0.25) is 0 Å². The van der Waals surface area contributed by atoms with E-state index in [4.69, 9.17) is 10.6 Å². The third kappa shape index (κ3) is 0.689. The standard InChI is InChI=1S/C6H13N2O/c1-8(7)3-6-2-5(8)4-9-6/h5-6H,2-4,7H2,1H3/q+1/t5-,6-,8?/m1/s1. The number of rotatable bonds is 0. The topological polar surface area (TPSA) is 35.2 Å². The number of hydrogen-bond donors (Lipinski definition) is 1. The first-order valence-electron chi connectivity index (χ1n) is 3.44. The molecule has 0 amide bonds. The van der Waals surface area contributed by atoms with Gasteiger partial charge in [0, 0.05) is 6.42 Å². The van der Waals surface area contributed by atoms with Crippen LogP contribution in [-0.2, 0) is 4.74 Å². The molecule has 3 heteroatoms. The van der Waals surface area contributed by atoms with Crippen LogP contribution in [-0.4, -0.2) is 36.9 Å². The Hall–Kier alpha value is -0.120. The van der Waals surface area contributed by atoms with Gasteiger partial charge in [-0.2, -0.15) is 5.84 Å². The lowest BCUT2D eigenvalue weighted by Crippen LogP contribution is -2.58. The number of nitrogens with zero attached hydrogens (tertiary/aromatic N) is 1. The molecule has 2 saturated heterocycles. The Balaban J connectivity index is 2.18. The van der Waals surface area contributed by atoms with Crippen molar-refractivity contribution < 1.29 is 9.33 Å². The average molecular weight is 129 g/mol. The lowest BCUT2D eigenvalue weighted by molar-refractivity contribution is -0.939. The van der Waals surface area contributed by atoms with Crippen molar-refractivity contribution in [2.45, 2.75) is 18.6 Å². The fourth-order valence-corrected chi connectivity index (χ4v) is 1.81. The first-order valence-corrected chi connectivity index (χ1v) is 3.44. The van der Waals surface area contributed by atoms with Crippen LogP contribution in [0.25, 0.3) is 0 Å². The van der Waals surface area contributed by atoms with E-state index in [2.05, 4.69) is 7.05 Å². The van der Waals surface area contributed by atoms with Crippen LogP contribution in [0.1, 0.15) is 6.42 Å². The largest absolute Gasteiger partial charge is 0.366 e. The number of nitrogens with two attached hydrogens (primary N) is 1. The summed E-state index contributed by atoms with van der Waals surface area (Å²) < 4.78 is 6.08. The number of ether oxygens (including phenoxy) is 1. The summed E-state index contributed by atoms with van der Waals surface area (Å²) in [6.07, 6.45) is 1.64. The molecule has 0 spiro atoms. The Morgan fingerprint density at radius 2 is 2.44 bits per heavy atom. The SMILES string of the molecule is C[N+]1(N)C[C@H]2C[C@@H]1CO2. The van der Waals surface area contributed by atoms with Gasteiger partial charge in [-0.15, -0.1) is 0 Å². The van der Waals surface area contributed by atoms with Gasteiger partial charge in [0.25, 0.3) is 0 Å². The Morgan fingerprint density at radius 3 is 2.67 bits per heavy atom. The van der Waals surface area contributed by atoms with E-state index in [1.165, 1.54) is 6.42 Å². The Labute approximate surface area is 54.9 Å². The molecule has 1 unspecified atom stereocenters. The van der Waals surface area contributed by atoms with E-state index in [0.717, 1.165) is 13.2 Å². The van der Waals surface area contributed by atoms with Gasteiger partial charge in [-0.05, 0) is 0 Å². The number of morpholine rings is 1. The van der Waals surface area contributed by atoms with E-state index in [1.54, 1.807) is 0 Å². The van der Waals surface area contributed by atoms with Gasteiger partial charge >= 0.3 is 0 Å². The third-order valence-corrected chi connectivity index (χ3v) is 2.49. The quantitative estimate of drug-likeness (QED) is 0.353. The number of likely N-dealkylation sites (tertiary alicyclic amines) is 1. The second kappa shape index (κ2) is 1.48. The molecule has 2 bridgehead atoms. The highest BCUT2D eigenvalue weighted by Crippen LogP contribution is 2.29. The molecule has 0 aromatic rings. The van der Waals surface area contributed by atoms with E-state index in [0.29, 0.717) is 16.7 Å². The summed E-state index contributed by atoms with van der Waals surface area (Å²) in [7, 11) is 2.08. The molecule has 2 heterocycles. The summed E-state index contributed by atoms with van der Waals surface area (Å²) in [6, 6.07) is 0.579. The molecule has 3 nitrogen and oxygen atoms in total. The molecule has 2 fully saturated rings. The Morgan fingerprint density at radius 1 is 1.67 bits per heavy atom. The zero-order valence-electron chi connectivity index (χ0n) is 5.71. The van der Waals surface area contributed by atoms with Crippen LogP contribution < -0.4 is 5.84 Å². The van der Waals surface area contributed by atoms with Crippen molar-refractivity contribution in [2.75, 3.05) is 20.2 Å². The van der Waals surface area contributed by atoms with Gasteiger partial charge in [0.15, 0.2) is 0 Å². The Bertz CT molecular complexity index is 135. The summed E-state index contributed by atoms with van der Waals surface area (Å²) in [5.41, 5.74) is 0. The van der Waals surface area contributed by atoms with Crippen LogP contribution in [0.2, 0.25) is 0 Å². The summed E-state index contributed by atoms with van der Waals surface area (Å²) in [6.45, 7) is 1.88. The maximum absolute atomic E-state index is 5.92. The molecule has 9 heavy (non-hydrogen) atoms. The van der Waals surface area contributed by atoms with Crippen molar-refractivity contribution in [3.05, 3.63) is 0 Å². The molecule has 2 aliphatic heterocycles. The maximum Gasteiger partial charge on any atom is 0.132 e. The predicted octanol–water partition coefficient (Wildman–Crippen LogP) is -0.522. The van der Waals surface area contributed by atoms with E-state index in [-0.39, 0.29) is 0 Å². The van der Waals surface area contributed by atoms with Crippen LogP contribution in [0.3, 0.4) is 0 Å². The van der Waals surface area contributed by atoms with Gasteiger partial charge in [-0.25, -0.2) is 4.59 Å². The molecule has 0 aliphatic carbocycles. The lowest BCUT2D eigenvalue weighted by atomic mass is 10.2. The van der Waals surface area contributed by atoms with Crippen molar-refractivity contribution in [1.82, 2.24) is 0 Å². The second-order valence-corrected chi connectivity index (χ2v) is 3.37. The first kappa shape index (κ1) is 5.65. The van der Waals surface area contributed by atoms with E-state index in [9.17, 15) is 0 Å². The highest BCUT2D eigenvalue weighted by Gasteiger charge is 2.48. The minimum atomic E-state index is 0.463. The monoisotopic (exact) mass is 129 g/mol. The third-order valence-electron chi connectivity index (χ3n) is 2.49. The highest BCUT2D eigenvalue weighted by atomic mass is 16.5. The normalized spacial score (nSPS) is 56.7. The van der Waals surface area contributed by atoms with Gasteiger partial charge in [-0.1, -0.05) is 0 Å². The molecular weight excluding hydrogens is 116 g/mol. The van der Waals surface area contributed by atoms with Crippen molar-refractivity contribution in [3.8, 4) is 0 Å². The van der Waals surface area contributed by atoms with Crippen molar-refractivity contribution in [2.24, 2.45) is 5.84 Å². The first-order chi connectivity index (χ1) is 4.18. The number of fused-ring (bicyclic) bond motifs is 2. The maximum atomic E-state index is 5.92. The van der Waals surface area contributed by atoms with Gasteiger partial charge in [0.05, 0.1) is 7.05 Å². The number of likely N-dealkylation sites (N-methyl/N-ethyl adjacent to an activating group) is 1. The van der Waals surface area contributed by atoms with Crippen LogP contribution in [0.15, 0.2) is 0 Å². The molecule has 2 N–H and O–H groups in total. The number of hydrogen-bond acceptors (Lipinski definition) is 2. The fraction of sp³-hybridized carbons (Fsp3) is 1.00. The molecule has 0 aromatic carbocycles. The minimum absolute atomic E-state index is 0.463. The predicted molar refractivity (Wildman–Crippen MR) is 33.4 cm³/mol. The molecule has 2 rings (SSSR count). The van der Waals surface area contributed by atoms with E-state index >= 15 is 0 Å². The fourth-order valence-electron chi connectivity index (χ4n) is 1.81. The molecule has 2 aliphatic rings. The summed E-state index contributed by atoms with van der Waals surface area (Å²) >= 11 is 0. The molecule has 0 radical (unpaired) electrons. The molecule has 52 valence electrons. The smallest absolute Gasteiger partial charge is 0.132 e. The molecule has 0 saturated carbocycles. The molecule has 0 aromatic heterocycles. The second-order valence-electron chi connectivity index (χ2n) is 3.37. The zero-order chi connectivity index (χ0) is 6.48. The van der Waals surface area contributed by atoms with E-state index in [1.807, 2.05) is 0 Å². The minimum Gasteiger partial charge on any atom is -0.366 e. The van der Waals surface area contributed by atoms with Crippen molar-refractivity contribution >= 4 is 0 Å². The molecular formula is C6H13N2O+. The van der Waals surface area contributed by atoms with Gasteiger partial charge in [0.2, 0.25) is 0 Å². The number of quaternary nitrogens is 1. The van der Waals surface area contributed by atoms with Crippen LogP contribution >= 0.6 is 0 Å². The average Bonchev–Trinajstić information content (AvgIpc) is 2.19. The zero-order valence-corrected chi connectivity index (χ0v) is 5.71. The summed E-state index contributed by atoms with van der Waals surface area (Å²) in [5.74, 6) is 5.92. The summed E-state index contributed by atoms with van der Waals surface area (Å²) in [4.78, 5) is 0. The van der Waals surface area contributed by atoms with Gasteiger partial charge < -0.3 is 4.74 Å². The van der Waals surface area contributed by atoms with E-state index < -0.39 is 0 Å². The van der Waals surface area contributed by atoms with Crippen LogP contribution in [0, 0.1) is 0 Å². The van der Waals surface area contributed by atoms with Crippen LogP contribution in [0.5, 0.6) is 0 Å². The summed E-state index contributed by atoms with van der Waals surface area (Å²) in [5, 5.41) is 0. The van der Waals surface area contributed by atoms with Crippen molar-refractivity contribution in [1.29, 1.82) is 0 Å². The van der Waals surface area contributed by atoms with Crippen LogP contribution in [0.4, 0.5) is 0 Å². The lowest BCUT2D eigenvalue weighted by Gasteiger charge is -2.31.